The molecule has 1 fully saturated rings. The van der Waals surface area contributed by atoms with Crippen LogP contribution >= 0.6 is 0 Å². The highest BCUT2D eigenvalue weighted by Crippen LogP contribution is 2.27. The van der Waals surface area contributed by atoms with Gasteiger partial charge in [-0.1, -0.05) is 18.2 Å². The van der Waals surface area contributed by atoms with E-state index in [1.807, 2.05) is 0 Å². The third-order valence-electron chi connectivity index (χ3n) is 4.49. The van der Waals surface area contributed by atoms with E-state index < -0.39 is 21.8 Å². The first-order chi connectivity index (χ1) is 12.3. The fourth-order valence-electron chi connectivity index (χ4n) is 3.13. The first-order valence-electron chi connectivity index (χ1n) is 8.32. The lowest BCUT2D eigenvalue weighted by Crippen LogP contribution is -2.51. The molecule has 26 heavy (non-hydrogen) atoms. The Morgan fingerprint density at radius 2 is 1.81 bits per heavy atom. The molecule has 1 aliphatic rings. The molecule has 1 atom stereocenters. The standard InChI is InChI=1S/C17H23N3O5S/c1-26(24,25)20-10-8-19(9-11-20)17(23)15(7-4-12-21)13-5-2-3-6-14(13)16(18)22/h2-3,5-6,12,15H,4,7-11H2,1H3,(H2,18,22)/t15-/m0/s1. The van der Waals surface area contributed by atoms with Crippen LogP contribution in [0.1, 0.15) is 34.7 Å². The topological polar surface area (TPSA) is 118 Å². The number of amides is 2. The number of sulfonamides is 1. The summed E-state index contributed by atoms with van der Waals surface area (Å²) in [6.45, 7) is 0.981. The summed E-state index contributed by atoms with van der Waals surface area (Å²) >= 11 is 0. The SMILES string of the molecule is CS(=O)(=O)N1CCN(C(=O)[C@@H](CCC=O)c2ccccc2C(N)=O)CC1. The van der Waals surface area contributed by atoms with E-state index in [1.54, 1.807) is 29.2 Å². The van der Waals surface area contributed by atoms with Crippen molar-refractivity contribution < 1.29 is 22.8 Å². The number of carbonyl (C=O) groups excluding carboxylic acids is 3. The molecule has 0 aromatic heterocycles. The molecule has 1 aromatic carbocycles. The Bertz CT molecular complexity index is 785. The highest BCUT2D eigenvalue weighted by molar-refractivity contribution is 7.88. The normalized spacial score (nSPS) is 16.9. The number of hydrogen-bond acceptors (Lipinski definition) is 5. The minimum atomic E-state index is -3.29. The monoisotopic (exact) mass is 381 g/mol. The van der Waals surface area contributed by atoms with Crippen LogP contribution in [0, 0.1) is 0 Å². The summed E-state index contributed by atoms with van der Waals surface area (Å²) in [5.41, 5.74) is 6.17. The van der Waals surface area contributed by atoms with Crippen LogP contribution in [0.4, 0.5) is 0 Å². The first-order valence-corrected chi connectivity index (χ1v) is 10.2. The van der Waals surface area contributed by atoms with Gasteiger partial charge in [0.15, 0.2) is 0 Å². The van der Waals surface area contributed by atoms with Gasteiger partial charge in [0.05, 0.1) is 12.2 Å². The van der Waals surface area contributed by atoms with Crippen LogP contribution in [0.5, 0.6) is 0 Å². The summed E-state index contributed by atoms with van der Waals surface area (Å²) in [5.74, 6) is -1.53. The molecular formula is C17H23N3O5S. The molecule has 0 aliphatic carbocycles. The zero-order chi connectivity index (χ0) is 19.3. The molecule has 1 saturated heterocycles. The van der Waals surface area contributed by atoms with Gasteiger partial charge in [-0.3, -0.25) is 9.59 Å². The zero-order valence-corrected chi connectivity index (χ0v) is 15.4. The Morgan fingerprint density at radius 3 is 2.35 bits per heavy atom. The van der Waals surface area contributed by atoms with Gasteiger partial charge in [-0.15, -0.1) is 0 Å². The first kappa shape index (κ1) is 20.1. The molecule has 9 heteroatoms. The molecule has 8 nitrogen and oxygen atoms in total. The smallest absolute Gasteiger partial charge is 0.249 e. The van der Waals surface area contributed by atoms with Gasteiger partial charge in [-0.25, -0.2) is 8.42 Å². The second kappa shape index (κ2) is 8.41. The van der Waals surface area contributed by atoms with E-state index in [2.05, 4.69) is 0 Å². The van der Waals surface area contributed by atoms with Gasteiger partial charge in [0.1, 0.15) is 6.29 Å². The molecule has 0 unspecified atom stereocenters. The van der Waals surface area contributed by atoms with Crippen molar-refractivity contribution in [2.45, 2.75) is 18.8 Å². The molecule has 1 aliphatic heterocycles. The van der Waals surface area contributed by atoms with E-state index in [0.717, 1.165) is 12.5 Å². The fourth-order valence-corrected chi connectivity index (χ4v) is 3.96. The zero-order valence-electron chi connectivity index (χ0n) is 14.6. The third-order valence-corrected chi connectivity index (χ3v) is 5.80. The van der Waals surface area contributed by atoms with Gasteiger partial charge in [0.2, 0.25) is 21.8 Å². The molecule has 2 N–H and O–H groups in total. The molecule has 0 bridgehead atoms. The van der Waals surface area contributed by atoms with Crippen molar-refractivity contribution in [1.82, 2.24) is 9.21 Å². The molecule has 0 saturated carbocycles. The maximum absolute atomic E-state index is 13.0. The molecule has 2 rings (SSSR count). The number of rotatable bonds is 7. The van der Waals surface area contributed by atoms with Crippen molar-refractivity contribution in [1.29, 1.82) is 0 Å². The molecular weight excluding hydrogens is 358 g/mol. The predicted molar refractivity (Wildman–Crippen MR) is 96.0 cm³/mol. The fraction of sp³-hybridized carbons (Fsp3) is 0.471. The number of carbonyl (C=O) groups is 3. The van der Waals surface area contributed by atoms with Crippen molar-refractivity contribution in [2.24, 2.45) is 5.73 Å². The van der Waals surface area contributed by atoms with Gasteiger partial charge in [0.25, 0.3) is 0 Å². The Labute approximate surface area is 153 Å². The maximum atomic E-state index is 13.0. The van der Waals surface area contributed by atoms with Crippen molar-refractivity contribution in [2.75, 3.05) is 32.4 Å². The van der Waals surface area contributed by atoms with E-state index in [9.17, 15) is 22.8 Å². The lowest BCUT2D eigenvalue weighted by atomic mass is 9.89. The van der Waals surface area contributed by atoms with Gasteiger partial charge >= 0.3 is 0 Å². The van der Waals surface area contributed by atoms with Crippen molar-refractivity contribution in [3.63, 3.8) is 0 Å². The number of nitrogens with zero attached hydrogens (tertiary/aromatic N) is 2. The summed E-state index contributed by atoms with van der Waals surface area (Å²) in [6, 6.07) is 6.60. The number of hydrogen-bond donors (Lipinski definition) is 1. The van der Waals surface area contributed by atoms with E-state index in [4.69, 9.17) is 5.73 Å². The highest BCUT2D eigenvalue weighted by Gasteiger charge is 2.32. The third kappa shape index (κ3) is 4.67. The molecule has 0 radical (unpaired) electrons. The maximum Gasteiger partial charge on any atom is 0.249 e. The van der Waals surface area contributed by atoms with Crippen molar-refractivity contribution in [3.05, 3.63) is 35.4 Å². The molecule has 2 amide bonds. The number of aldehydes is 1. The van der Waals surface area contributed by atoms with Gasteiger partial charge < -0.3 is 15.4 Å². The number of primary amides is 1. The van der Waals surface area contributed by atoms with Crippen molar-refractivity contribution >= 4 is 28.1 Å². The Balaban J connectivity index is 2.24. The van der Waals surface area contributed by atoms with Crippen LogP contribution < -0.4 is 5.73 Å². The number of nitrogens with two attached hydrogens (primary N) is 1. The van der Waals surface area contributed by atoms with Crippen LogP contribution in [0.3, 0.4) is 0 Å². The van der Waals surface area contributed by atoms with Crippen LogP contribution in [-0.2, 0) is 19.6 Å². The summed E-state index contributed by atoms with van der Waals surface area (Å²) in [4.78, 5) is 37.1. The highest BCUT2D eigenvalue weighted by atomic mass is 32.2. The molecule has 1 aromatic rings. The Hall–Kier alpha value is -2.26. The van der Waals surface area contributed by atoms with E-state index in [1.165, 1.54) is 4.31 Å². The molecule has 1 heterocycles. The van der Waals surface area contributed by atoms with E-state index in [0.29, 0.717) is 5.56 Å². The van der Waals surface area contributed by atoms with Crippen LogP contribution in [0.2, 0.25) is 0 Å². The van der Waals surface area contributed by atoms with E-state index in [-0.39, 0.29) is 50.5 Å². The van der Waals surface area contributed by atoms with Crippen LogP contribution in [0.25, 0.3) is 0 Å². The van der Waals surface area contributed by atoms with Crippen LogP contribution in [-0.4, -0.2) is 68.2 Å². The van der Waals surface area contributed by atoms with Crippen LogP contribution in [0.15, 0.2) is 24.3 Å². The Kier molecular flexibility index (Phi) is 6.49. The van der Waals surface area contributed by atoms with Gasteiger partial charge in [-0.05, 0) is 18.1 Å². The summed E-state index contributed by atoms with van der Waals surface area (Å²) in [5, 5.41) is 0. The largest absolute Gasteiger partial charge is 0.366 e. The second-order valence-electron chi connectivity index (χ2n) is 6.24. The lowest BCUT2D eigenvalue weighted by Gasteiger charge is -2.35. The van der Waals surface area contributed by atoms with E-state index >= 15 is 0 Å². The van der Waals surface area contributed by atoms with Gasteiger partial charge in [-0.2, -0.15) is 4.31 Å². The minimum Gasteiger partial charge on any atom is -0.366 e. The summed E-state index contributed by atoms with van der Waals surface area (Å²) in [7, 11) is -3.29. The Morgan fingerprint density at radius 1 is 1.19 bits per heavy atom. The quantitative estimate of drug-likeness (QED) is 0.665. The molecule has 142 valence electrons. The van der Waals surface area contributed by atoms with Crippen molar-refractivity contribution in [3.8, 4) is 0 Å². The predicted octanol–water partition coefficient (Wildman–Crippen LogP) is -0.0480. The average molecular weight is 381 g/mol. The second-order valence-corrected chi connectivity index (χ2v) is 8.22. The lowest BCUT2D eigenvalue weighted by molar-refractivity contribution is -0.134. The average Bonchev–Trinajstić information content (AvgIpc) is 2.61. The number of benzene rings is 1. The van der Waals surface area contributed by atoms with Gasteiger partial charge in [0, 0.05) is 38.2 Å². The number of piperazine rings is 1. The minimum absolute atomic E-state index is 0.173. The summed E-state index contributed by atoms with van der Waals surface area (Å²) in [6.07, 6.45) is 2.31. The summed E-state index contributed by atoms with van der Waals surface area (Å²) < 4.78 is 24.6. The molecule has 0 spiro atoms.